The van der Waals surface area contributed by atoms with Gasteiger partial charge in [0.05, 0.1) is 17.1 Å². The molecule has 112 valence electrons. The molecule has 0 amide bonds. The number of rotatable bonds is 6. The van der Waals surface area contributed by atoms with Crippen molar-refractivity contribution in [1.82, 2.24) is 4.98 Å². The van der Waals surface area contributed by atoms with Crippen molar-refractivity contribution in [1.29, 1.82) is 0 Å². The number of nitrogens with two attached hydrogens (primary N) is 1. The summed E-state index contributed by atoms with van der Waals surface area (Å²) < 4.78 is 26.6. The predicted octanol–water partition coefficient (Wildman–Crippen LogP) is 2.51. The van der Waals surface area contributed by atoms with Gasteiger partial charge in [0.1, 0.15) is 0 Å². The van der Waals surface area contributed by atoms with Gasteiger partial charge in [-0.3, -0.25) is 9.71 Å². The Balaban J connectivity index is 1.90. The minimum atomic E-state index is -3.37. The smallest absolute Gasteiger partial charge is 0.233 e. The van der Waals surface area contributed by atoms with Crippen molar-refractivity contribution in [2.75, 3.05) is 22.0 Å². The van der Waals surface area contributed by atoms with Gasteiger partial charge in [-0.2, -0.15) is 0 Å². The minimum absolute atomic E-state index is 0.0381. The summed E-state index contributed by atoms with van der Waals surface area (Å²) in [5.41, 5.74) is 7.48. The number of hydrogen-bond donors (Lipinski definition) is 2. The zero-order valence-electron chi connectivity index (χ0n) is 11.6. The molecule has 0 saturated heterocycles. The summed E-state index contributed by atoms with van der Waals surface area (Å²) in [4.78, 5) is 5.05. The standard InChI is InChI=1S/C14H17N3O2S2/c1-11-14(3-2-8-16-11)17-21(18,19)10-9-20-13-6-4-12(15)5-7-13/h2-8,17H,9-10,15H2,1H3. The summed E-state index contributed by atoms with van der Waals surface area (Å²) in [6.07, 6.45) is 1.63. The number of sulfonamides is 1. The average Bonchev–Trinajstić information content (AvgIpc) is 2.43. The summed E-state index contributed by atoms with van der Waals surface area (Å²) in [6, 6.07) is 10.8. The molecule has 2 aromatic rings. The molecule has 21 heavy (non-hydrogen) atoms. The minimum Gasteiger partial charge on any atom is -0.399 e. The molecule has 2 rings (SSSR count). The lowest BCUT2D eigenvalue weighted by Crippen LogP contribution is -2.18. The van der Waals surface area contributed by atoms with Crippen molar-refractivity contribution >= 4 is 33.2 Å². The summed E-state index contributed by atoms with van der Waals surface area (Å²) in [5.74, 6) is 0.509. The van der Waals surface area contributed by atoms with Gasteiger partial charge in [-0.15, -0.1) is 11.8 Å². The lowest BCUT2D eigenvalue weighted by molar-refractivity contribution is 0.602. The molecule has 0 aliphatic carbocycles. The van der Waals surface area contributed by atoms with E-state index in [-0.39, 0.29) is 5.75 Å². The van der Waals surface area contributed by atoms with Crippen LogP contribution in [-0.2, 0) is 10.0 Å². The monoisotopic (exact) mass is 323 g/mol. The summed E-state index contributed by atoms with van der Waals surface area (Å²) >= 11 is 1.48. The Hall–Kier alpha value is -1.73. The van der Waals surface area contributed by atoms with Gasteiger partial charge >= 0.3 is 0 Å². The number of aryl methyl sites for hydroxylation is 1. The van der Waals surface area contributed by atoms with E-state index in [1.165, 1.54) is 11.8 Å². The molecule has 3 N–H and O–H groups in total. The van der Waals surface area contributed by atoms with Gasteiger partial charge in [-0.1, -0.05) is 0 Å². The Morgan fingerprint density at radius 1 is 1.24 bits per heavy atom. The SMILES string of the molecule is Cc1ncccc1NS(=O)(=O)CCSc1ccc(N)cc1. The van der Waals surface area contributed by atoms with E-state index in [2.05, 4.69) is 9.71 Å². The lowest BCUT2D eigenvalue weighted by Gasteiger charge is -2.09. The second kappa shape index (κ2) is 6.82. The molecule has 0 fully saturated rings. The van der Waals surface area contributed by atoms with Crippen LogP contribution in [0.15, 0.2) is 47.5 Å². The Kier molecular flexibility index (Phi) is 5.08. The fraction of sp³-hybridized carbons (Fsp3) is 0.214. The molecule has 0 aliphatic heterocycles. The third-order valence-electron chi connectivity index (χ3n) is 2.77. The first-order valence-corrected chi connectivity index (χ1v) is 9.00. The van der Waals surface area contributed by atoms with Crippen LogP contribution < -0.4 is 10.5 Å². The van der Waals surface area contributed by atoms with Gasteiger partial charge in [0.15, 0.2) is 0 Å². The van der Waals surface area contributed by atoms with Crippen molar-refractivity contribution in [3.05, 3.63) is 48.3 Å². The average molecular weight is 323 g/mol. The zero-order chi connectivity index (χ0) is 15.3. The molecule has 0 saturated carbocycles. The Morgan fingerprint density at radius 2 is 1.95 bits per heavy atom. The van der Waals surface area contributed by atoms with Crippen LogP contribution in [0.25, 0.3) is 0 Å². The molecular weight excluding hydrogens is 306 g/mol. The molecule has 0 aliphatic rings. The highest BCUT2D eigenvalue weighted by Gasteiger charge is 2.12. The molecule has 7 heteroatoms. The number of anilines is 2. The quantitative estimate of drug-likeness (QED) is 0.630. The molecule has 5 nitrogen and oxygen atoms in total. The fourth-order valence-corrected chi connectivity index (χ4v) is 4.07. The number of nitrogens with zero attached hydrogens (tertiary/aromatic N) is 1. The fourth-order valence-electron chi connectivity index (χ4n) is 1.64. The Bertz CT molecular complexity index is 700. The van der Waals surface area contributed by atoms with E-state index in [0.29, 0.717) is 22.8 Å². The van der Waals surface area contributed by atoms with E-state index < -0.39 is 10.0 Å². The van der Waals surface area contributed by atoms with Crippen LogP contribution in [0.1, 0.15) is 5.69 Å². The predicted molar refractivity (Wildman–Crippen MR) is 88.0 cm³/mol. The van der Waals surface area contributed by atoms with Crippen molar-refractivity contribution in [3.63, 3.8) is 0 Å². The highest BCUT2D eigenvalue weighted by molar-refractivity contribution is 8.01. The van der Waals surface area contributed by atoms with Gasteiger partial charge in [-0.25, -0.2) is 8.42 Å². The Labute approximate surface area is 129 Å². The van der Waals surface area contributed by atoms with Gasteiger partial charge in [0.25, 0.3) is 0 Å². The zero-order valence-corrected chi connectivity index (χ0v) is 13.2. The highest BCUT2D eigenvalue weighted by atomic mass is 32.2. The largest absolute Gasteiger partial charge is 0.399 e. The highest BCUT2D eigenvalue weighted by Crippen LogP contribution is 2.20. The molecular formula is C14H17N3O2S2. The number of nitrogens with one attached hydrogen (secondary N) is 1. The van der Waals surface area contributed by atoms with E-state index in [9.17, 15) is 8.42 Å². The molecule has 1 aromatic carbocycles. The first-order valence-electron chi connectivity index (χ1n) is 6.37. The van der Waals surface area contributed by atoms with Gasteiger partial charge in [0.2, 0.25) is 10.0 Å². The third-order valence-corrected chi connectivity index (χ3v) is 5.32. The van der Waals surface area contributed by atoms with Gasteiger partial charge in [-0.05, 0) is 43.3 Å². The number of aromatic nitrogens is 1. The van der Waals surface area contributed by atoms with Crippen molar-refractivity contribution in [3.8, 4) is 0 Å². The summed E-state index contributed by atoms with van der Waals surface area (Å²) in [5, 5.41) is 0. The van der Waals surface area contributed by atoms with Crippen molar-refractivity contribution in [2.45, 2.75) is 11.8 Å². The topological polar surface area (TPSA) is 85.1 Å². The van der Waals surface area contributed by atoms with Crippen LogP contribution in [0.3, 0.4) is 0 Å². The van der Waals surface area contributed by atoms with Crippen molar-refractivity contribution in [2.24, 2.45) is 0 Å². The molecule has 1 aromatic heterocycles. The molecule has 1 heterocycles. The maximum Gasteiger partial charge on any atom is 0.233 e. The number of hydrogen-bond acceptors (Lipinski definition) is 5. The first kappa shape index (κ1) is 15.7. The molecule has 0 spiro atoms. The maximum absolute atomic E-state index is 12.0. The first-order chi connectivity index (χ1) is 9.96. The molecule has 0 atom stereocenters. The molecule has 0 unspecified atom stereocenters. The normalized spacial score (nSPS) is 11.3. The Morgan fingerprint density at radius 3 is 2.62 bits per heavy atom. The van der Waals surface area contributed by atoms with E-state index >= 15 is 0 Å². The molecule has 0 bridgehead atoms. The van der Waals surface area contributed by atoms with E-state index in [1.807, 2.05) is 12.1 Å². The number of pyridine rings is 1. The van der Waals surface area contributed by atoms with E-state index in [4.69, 9.17) is 5.73 Å². The van der Waals surface area contributed by atoms with Crippen LogP contribution >= 0.6 is 11.8 Å². The third kappa shape index (κ3) is 4.95. The van der Waals surface area contributed by atoms with Gasteiger partial charge < -0.3 is 5.73 Å². The number of nitrogen functional groups attached to an aromatic ring is 1. The van der Waals surface area contributed by atoms with Crippen molar-refractivity contribution < 1.29 is 8.42 Å². The lowest BCUT2D eigenvalue weighted by atomic mass is 10.3. The van der Waals surface area contributed by atoms with Crippen LogP contribution in [0, 0.1) is 6.92 Å². The number of benzene rings is 1. The second-order valence-corrected chi connectivity index (χ2v) is 7.49. The second-order valence-electron chi connectivity index (χ2n) is 4.47. The van der Waals surface area contributed by atoms with Gasteiger partial charge in [0, 0.05) is 22.5 Å². The summed E-state index contributed by atoms with van der Waals surface area (Å²) in [6.45, 7) is 1.76. The maximum atomic E-state index is 12.0. The van der Waals surface area contributed by atoms with E-state index in [1.54, 1.807) is 37.4 Å². The number of thioether (sulfide) groups is 1. The van der Waals surface area contributed by atoms with Crippen LogP contribution in [0.5, 0.6) is 0 Å². The summed E-state index contributed by atoms with van der Waals surface area (Å²) in [7, 11) is -3.37. The van der Waals surface area contributed by atoms with Crippen LogP contribution in [0.2, 0.25) is 0 Å². The van der Waals surface area contributed by atoms with E-state index in [0.717, 1.165) is 4.90 Å². The van der Waals surface area contributed by atoms with Crippen LogP contribution in [0.4, 0.5) is 11.4 Å². The van der Waals surface area contributed by atoms with Crippen LogP contribution in [-0.4, -0.2) is 24.9 Å². The molecule has 0 radical (unpaired) electrons.